The molecule has 6 nitrogen and oxygen atoms in total. The third-order valence-corrected chi connectivity index (χ3v) is 4.27. The second-order valence-electron chi connectivity index (χ2n) is 6.25. The van der Waals surface area contributed by atoms with Gasteiger partial charge in [-0.3, -0.25) is 0 Å². The molecule has 140 valence electrons. The van der Waals surface area contributed by atoms with Gasteiger partial charge in [-0.2, -0.15) is 5.26 Å². The van der Waals surface area contributed by atoms with Gasteiger partial charge in [0.1, 0.15) is 17.5 Å². The van der Waals surface area contributed by atoms with Gasteiger partial charge in [0.2, 0.25) is 0 Å². The maximum absolute atomic E-state index is 14.3. The Morgan fingerprint density at radius 3 is 2.89 bits per heavy atom. The molecule has 0 saturated carbocycles. The number of nitrogens with zero attached hydrogens (tertiary/aromatic N) is 3. The SMILES string of the molecule is CCNC(C)CCNc1nc(-c2c[nH]c3ncc(F)cc23)c(C#N)cc1F. The van der Waals surface area contributed by atoms with E-state index in [0.29, 0.717) is 23.1 Å². The smallest absolute Gasteiger partial charge is 0.166 e. The minimum Gasteiger partial charge on any atom is -0.368 e. The van der Waals surface area contributed by atoms with Gasteiger partial charge < -0.3 is 15.6 Å². The summed E-state index contributed by atoms with van der Waals surface area (Å²) in [6.45, 7) is 5.46. The number of pyridine rings is 2. The number of fused-ring (bicyclic) bond motifs is 1. The number of aromatic nitrogens is 3. The van der Waals surface area contributed by atoms with Gasteiger partial charge in [0.05, 0.1) is 17.5 Å². The quantitative estimate of drug-likeness (QED) is 0.592. The average Bonchev–Trinajstić information content (AvgIpc) is 3.05. The van der Waals surface area contributed by atoms with Crippen LogP contribution in [0.1, 0.15) is 25.8 Å². The summed E-state index contributed by atoms with van der Waals surface area (Å²) in [6, 6.07) is 4.69. The van der Waals surface area contributed by atoms with Crippen LogP contribution in [0.2, 0.25) is 0 Å². The maximum atomic E-state index is 14.3. The van der Waals surface area contributed by atoms with E-state index in [1.165, 1.54) is 6.07 Å². The molecule has 0 saturated heterocycles. The monoisotopic (exact) mass is 370 g/mol. The molecule has 0 radical (unpaired) electrons. The van der Waals surface area contributed by atoms with Crippen molar-refractivity contribution in [1.82, 2.24) is 20.3 Å². The molecule has 3 aromatic heterocycles. The first kappa shape index (κ1) is 18.7. The molecule has 8 heteroatoms. The van der Waals surface area contributed by atoms with Crippen LogP contribution in [0.4, 0.5) is 14.6 Å². The molecule has 1 atom stereocenters. The first-order valence-corrected chi connectivity index (χ1v) is 8.74. The predicted octanol–water partition coefficient (Wildman–Crippen LogP) is 3.57. The molecular weight excluding hydrogens is 350 g/mol. The van der Waals surface area contributed by atoms with Gasteiger partial charge in [-0.25, -0.2) is 18.7 Å². The molecule has 0 spiro atoms. The van der Waals surface area contributed by atoms with Gasteiger partial charge in [-0.15, -0.1) is 0 Å². The summed E-state index contributed by atoms with van der Waals surface area (Å²) in [5.74, 6) is -1.04. The van der Waals surface area contributed by atoms with Crippen molar-refractivity contribution in [3.05, 3.63) is 41.7 Å². The number of H-pyrrole nitrogens is 1. The lowest BCUT2D eigenvalue weighted by molar-refractivity contribution is 0.541. The Balaban J connectivity index is 1.95. The second-order valence-corrected chi connectivity index (χ2v) is 6.25. The van der Waals surface area contributed by atoms with Crippen molar-refractivity contribution in [2.75, 3.05) is 18.4 Å². The van der Waals surface area contributed by atoms with Crippen molar-refractivity contribution in [2.45, 2.75) is 26.3 Å². The summed E-state index contributed by atoms with van der Waals surface area (Å²) >= 11 is 0. The van der Waals surface area contributed by atoms with Crippen molar-refractivity contribution in [3.63, 3.8) is 0 Å². The van der Waals surface area contributed by atoms with Gasteiger partial charge in [-0.05, 0) is 32.0 Å². The minimum atomic E-state index is -0.601. The van der Waals surface area contributed by atoms with Crippen LogP contribution in [-0.2, 0) is 0 Å². The van der Waals surface area contributed by atoms with Crippen LogP contribution in [-0.4, -0.2) is 34.1 Å². The van der Waals surface area contributed by atoms with Crippen LogP contribution in [0, 0.1) is 23.0 Å². The van der Waals surface area contributed by atoms with Gasteiger partial charge in [0.25, 0.3) is 0 Å². The number of halogens is 2. The second kappa shape index (κ2) is 8.10. The molecule has 0 fully saturated rings. The van der Waals surface area contributed by atoms with E-state index in [2.05, 4.69) is 25.6 Å². The summed E-state index contributed by atoms with van der Waals surface area (Å²) < 4.78 is 27.9. The highest BCUT2D eigenvalue weighted by Crippen LogP contribution is 2.31. The molecule has 0 aliphatic rings. The third kappa shape index (κ3) is 4.04. The molecule has 0 aromatic carbocycles. The summed E-state index contributed by atoms with van der Waals surface area (Å²) in [5, 5.41) is 16.1. The van der Waals surface area contributed by atoms with Gasteiger partial charge in [0, 0.05) is 29.7 Å². The van der Waals surface area contributed by atoms with E-state index in [9.17, 15) is 14.0 Å². The van der Waals surface area contributed by atoms with Crippen LogP contribution < -0.4 is 10.6 Å². The zero-order chi connectivity index (χ0) is 19.4. The standard InChI is InChI=1S/C19H20F2N6/c1-3-23-11(2)4-5-24-19-16(21)6-12(8-22)17(27-19)15-10-26-18-14(15)7-13(20)9-25-18/h6-7,9-11,23H,3-5H2,1-2H3,(H,24,27)(H,25,26). The largest absolute Gasteiger partial charge is 0.368 e. The molecule has 0 aliphatic carbocycles. The lowest BCUT2D eigenvalue weighted by atomic mass is 10.1. The van der Waals surface area contributed by atoms with Crippen molar-refractivity contribution < 1.29 is 8.78 Å². The highest BCUT2D eigenvalue weighted by Gasteiger charge is 2.17. The fraction of sp³-hybridized carbons (Fsp3) is 0.316. The molecule has 1 unspecified atom stereocenters. The molecule has 3 N–H and O–H groups in total. The number of nitriles is 1. The molecule has 3 aromatic rings. The van der Waals surface area contributed by atoms with Crippen LogP contribution >= 0.6 is 0 Å². The Labute approximate surface area is 155 Å². The normalized spacial score (nSPS) is 12.1. The summed E-state index contributed by atoms with van der Waals surface area (Å²) in [6.07, 6.45) is 3.48. The number of hydrogen-bond acceptors (Lipinski definition) is 5. The number of anilines is 1. The van der Waals surface area contributed by atoms with Crippen molar-refractivity contribution >= 4 is 16.9 Å². The van der Waals surface area contributed by atoms with Crippen LogP contribution in [0.15, 0.2) is 24.5 Å². The van der Waals surface area contributed by atoms with E-state index in [1.54, 1.807) is 6.20 Å². The summed E-state index contributed by atoms with van der Waals surface area (Å²) in [7, 11) is 0. The average molecular weight is 370 g/mol. The van der Waals surface area contributed by atoms with Gasteiger partial charge in [-0.1, -0.05) is 6.92 Å². The molecule has 3 rings (SSSR count). The number of nitrogens with one attached hydrogen (secondary N) is 3. The zero-order valence-corrected chi connectivity index (χ0v) is 15.1. The van der Waals surface area contributed by atoms with E-state index in [0.717, 1.165) is 25.2 Å². The van der Waals surface area contributed by atoms with Gasteiger partial charge in [0.15, 0.2) is 11.6 Å². The molecule has 0 bridgehead atoms. The first-order chi connectivity index (χ1) is 13.0. The zero-order valence-electron chi connectivity index (χ0n) is 15.1. The first-order valence-electron chi connectivity index (χ1n) is 8.74. The molecule has 27 heavy (non-hydrogen) atoms. The van der Waals surface area contributed by atoms with Crippen molar-refractivity contribution in [2.24, 2.45) is 0 Å². The molecule has 0 amide bonds. The Kier molecular flexibility index (Phi) is 5.62. The number of rotatable bonds is 7. The maximum Gasteiger partial charge on any atom is 0.166 e. The van der Waals surface area contributed by atoms with E-state index in [-0.39, 0.29) is 23.1 Å². The van der Waals surface area contributed by atoms with Crippen LogP contribution in [0.5, 0.6) is 0 Å². The summed E-state index contributed by atoms with van der Waals surface area (Å²) in [4.78, 5) is 11.2. The van der Waals surface area contributed by atoms with Crippen LogP contribution in [0.3, 0.4) is 0 Å². The van der Waals surface area contributed by atoms with Crippen molar-refractivity contribution in [1.29, 1.82) is 5.26 Å². The molecule has 3 heterocycles. The van der Waals surface area contributed by atoms with E-state index < -0.39 is 11.6 Å². The fourth-order valence-corrected chi connectivity index (χ4v) is 2.93. The van der Waals surface area contributed by atoms with E-state index in [4.69, 9.17) is 0 Å². The molecule has 0 aliphatic heterocycles. The molecular formula is C19H20F2N6. The van der Waals surface area contributed by atoms with Crippen LogP contribution in [0.25, 0.3) is 22.3 Å². The third-order valence-electron chi connectivity index (χ3n) is 4.27. The minimum absolute atomic E-state index is 0.0615. The Hall–Kier alpha value is -3.05. The summed E-state index contributed by atoms with van der Waals surface area (Å²) in [5.41, 5.74) is 1.32. The Morgan fingerprint density at radius 2 is 2.15 bits per heavy atom. The lowest BCUT2D eigenvalue weighted by Gasteiger charge is -2.14. The van der Waals surface area contributed by atoms with Gasteiger partial charge >= 0.3 is 0 Å². The topological polar surface area (TPSA) is 89.4 Å². The lowest BCUT2D eigenvalue weighted by Crippen LogP contribution is -2.27. The van der Waals surface area contributed by atoms with E-state index >= 15 is 0 Å². The predicted molar refractivity (Wildman–Crippen MR) is 100 cm³/mol. The fourth-order valence-electron chi connectivity index (χ4n) is 2.93. The highest BCUT2D eigenvalue weighted by molar-refractivity contribution is 5.94. The van der Waals surface area contributed by atoms with E-state index in [1.807, 2.05) is 19.9 Å². The highest BCUT2D eigenvalue weighted by atomic mass is 19.1. The number of aromatic amines is 1. The Morgan fingerprint density at radius 1 is 1.33 bits per heavy atom. The Bertz CT molecular complexity index is 992. The van der Waals surface area contributed by atoms with Crippen molar-refractivity contribution in [3.8, 4) is 17.3 Å². The number of hydrogen-bond donors (Lipinski definition) is 3.